The van der Waals surface area contributed by atoms with Crippen LogP contribution >= 0.6 is 0 Å². The summed E-state index contributed by atoms with van der Waals surface area (Å²) in [5, 5.41) is 0. The summed E-state index contributed by atoms with van der Waals surface area (Å²) in [5.41, 5.74) is 1.81. The Morgan fingerprint density at radius 2 is 1.90 bits per heavy atom. The molecule has 4 nitrogen and oxygen atoms in total. The minimum atomic E-state index is -0.713. The smallest absolute Gasteiger partial charge is 0.336 e. The van der Waals surface area contributed by atoms with E-state index in [2.05, 4.69) is 18.0 Å². The highest BCUT2D eigenvalue weighted by atomic mass is 16.7. The number of carbonyl (C=O) groups is 2. The molecule has 0 aliphatic heterocycles. The van der Waals surface area contributed by atoms with Gasteiger partial charge in [-0.3, -0.25) is 4.79 Å². The van der Waals surface area contributed by atoms with Gasteiger partial charge in [0, 0.05) is 6.08 Å². The standard InChI is InChI=1S/C6H7NO3/c1-3-5(8)7-10-6(9)4-2/h3-4H,1-2H2,(H,7,8). The third-order valence-electron chi connectivity index (χ3n) is 0.604. The summed E-state index contributed by atoms with van der Waals surface area (Å²) in [6.45, 7) is 6.25. The quantitative estimate of drug-likeness (QED) is 0.432. The maximum atomic E-state index is 10.3. The largest absolute Gasteiger partial charge is 0.355 e. The molecule has 0 unspecified atom stereocenters. The van der Waals surface area contributed by atoms with Crippen LogP contribution < -0.4 is 5.48 Å². The fourth-order valence-corrected chi connectivity index (χ4v) is 0.184. The van der Waals surface area contributed by atoms with E-state index in [1.165, 1.54) is 0 Å². The summed E-state index contributed by atoms with van der Waals surface area (Å²) in [4.78, 5) is 24.7. The van der Waals surface area contributed by atoms with Gasteiger partial charge in [0.05, 0.1) is 0 Å². The van der Waals surface area contributed by atoms with Crippen LogP contribution in [-0.4, -0.2) is 11.9 Å². The Bertz CT molecular complexity index is 154. The van der Waals surface area contributed by atoms with Crippen molar-refractivity contribution in [3.63, 3.8) is 0 Å². The Morgan fingerprint density at radius 1 is 1.30 bits per heavy atom. The highest BCUT2D eigenvalue weighted by Crippen LogP contribution is 1.73. The predicted molar refractivity (Wildman–Crippen MR) is 34.6 cm³/mol. The van der Waals surface area contributed by atoms with Crippen molar-refractivity contribution in [3.8, 4) is 0 Å². The van der Waals surface area contributed by atoms with Crippen molar-refractivity contribution in [2.45, 2.75) is 0 Å². The van der Waals surface area contributed by atoms with Crippen LogP contribution in [0.1, 0.15) is 0 Å². The summed E-state index contributed by atoms with van der Waals surface area (Å²) in [7, 11) is 0. The number of rotatable bonds is 2. The van der Waals surface area contributed by atoms with Crippen LogP contribution in [0.2, 0.25) is 0 Å². The van der Waals surface area contributed by atoms with E-state index < -0.39 is 11.9 Å². The van der Waals surface area contributed by atoms with E-state index in [0.29, 0.717) is 0 Å². The summed E-state index contributed by atoms with van der Waals surface area (Å²) in [6.07, 6.45) is 1.92. The van der Waals surface area contributed by atoms with Crippen LogP contribution in [0.4, 0.5) is 0 Å². The first-order valence-electron chi connectivity index (χ1n) is 2.46. The Balaban J connectivity index is 3.54. The van der Waals surface area contributed by atoms with Gasteiger partial charge in [-0.15, -0.1) is 0 Å². The second kappa shape index (κ2) is 4.31. The van der Waals surface area contributed by atoms with Gasteiger partial charge in [-0.25, -0.2) is 4.79 Å². The van der Waals surface area contributed by atoms with E-state index in [1.54, 1.807) is 5.48 Å². The van der Waals surface area contributed by atoms with E-state index in [9.17, 15) is 9.59 Å². The van der Waals surface area contributed by atoms with Crippen molar-refractivity contribution >= 4 is 11.9 Å². The number of hydroxylamine groups is 1. The number of carbonyl (C=O) groups excluding carboxylic acids is 2. The van der Waals surface area contributed by atoms with Crippen LogP contribution in [0.25, 0.3) is 0 Å². The van der Waals surface area contributed by atoms with Gasteiger partial charge < -0.3 is 4.84 Å². The molecule has 1 N–H and O–H groups in total. The molecular weight excluding hydrogens is 134 g/mol. The van der Waals surface area contributed by atoms with E-state index in [-0.39, 0.29) is 0 Å². The molecule has 4 heteroatoms. The van der Waals surface area contributed by atoms with Gasteiger partial charge in [-0.1, -0.05) is 13.2 Å². The summed E-state index contributed by atoms with van der Waals surface area (Å²) < 4.78 is 0. The number of amides is 1. The molecule has 1 amide bonds. The highest BCUT2D eigenvalue weighted by Gasteiger charge is 1.96. The third kappa shape index (κ3) is 3.43. The maximum Gasteiger partial charge on any atom is 0.355 e. The molecule has 54 valence electrons. The van der Waals surface area contributed by atoms with Gasteiger partial charge in [0.25, 0.3) is 5.91 Å². The third-order valence-corrected chi connectivity index (χ3v) is 0.604. The van der Waals surface area contributed by atoms with Crippen molar-refractivity contribution in [1.82, 2.24) is 5.48 Å². The predicted octanol–water partition coefficient (Wildman–Crippen LogP) is -0.0672. The summed E-state index contributed by atoms with van der Waals surface area (Å²) in [5.74, 6) is -1.29. The SMILES string of the molecule is C=CC(=O)NOC(=O)C=C. The van der Waals surface area contributed by atoms with Gasteiger partial charge in [0.2, 0.25) is 0 Å². The maximum absolute atomic E-state index is 10.3. The van der Waals surface area contributed by atoms with Crippen molar-refractivity contribution in [2.24, 2.45) is 0 Å². The fourth-order valence-electron chi connectivity index (χ4n) is 0.184. The van der Waals surface area contributed by atoms with Crippen LogP contribution in [-0.2, 0) is 14.4 Å². The average molecular weight is 141 g/mol. The monoisotopic (exact) mass is 141 g/mol. The van der Waals surface area contributed by atoms with Gasteiger partial charge in [-0.2, -0.15) is 5.48 Å². The van der Waals surface area contributed by atoms with Crippen LogP contribution in [0.15, 0.2) is 25.3 Å². The molecule has 0 aliphatic carbocycles. The minimum Gasteiger partial charge on any atom is -0.336 e. The number of nitrogens with one attached hydrogen (secondary N) is 1. The Hall–Kier alpha value is -1.58. The molecule has 0 spiro atoms. The first-order chi connectivity index (χ1) is 4.70. The highest BCUT2D eigenvalue weighted by molar-refractivity contribution is 5.88. The molecule has 0 rings (SSSR count). The molecule has 0 atom stereocenters. The molecule has 0 fully saturated rings. The second-order valence-electron chi connectivity index (χ2n) is 1.30. The molecule has 10 heavy (non-hydrogen) atoms. The minimum absolute atomic E-state index is 0.574. The molecule has 0 bridgehead atoms. The van der Waals surface area contributed by atoms with E-state index in [4.69, 9.17) is 0 Å². The lowest BCUT2D eigenvalue weighted by molar-refractivity contribution is -0.151. The molecule has 0 heterocycles. The average Bonchev–Trinajstić information content (AvgIpc) is 1.99. The Morgan fingerprint density at radius 3 is 2.30 bits per heavy atom. The van der Waals surface area contributed by atoms with E-state index in [1.807, 2.05) is 0 Å². The van der Waals surface area contributed by atoms with Crippen LogP contribution in [0.5, 0.6) is 0 Å². The zero-order valence-electron chi connectivity index (χ0n) is 5.29. The van der Waals surface area contributed by atoms with Gasteiger partial charge in [0.1, 0.15) is 0 Å². The first kappa shape index (κ1) is 8.42. The molecule has 0 aromatic rings. The lowest BCUT2D eigenvalue weighted by Gasteiger charge is -1.97. The molecule has 0 aromatic heterocycles. The van der Waals surface area contributed by atoms with E-state index in [0.717, 1.165) is 12.2 Å². The van der Waals surface area contributed by atoms with Crippen molar-refractivity contribution in [3.05, 3.63) is 25.3 Å². The Labute approximate surface area is 58.1 Å². The zero-order chi connectivity index (χ0) is 7.98. The van der Waals surface area contributed by atoms with Crippen molar-refractivity contribution in [2.75, 3.05) is 0 Å². The number of hydrogen-bond acceptors (Lipinski definition) is 3. The van der Waals surface area contributed by atoms with E-state index >= 15 is 0 Å². The molecule has 0 radical (unpaired) electrons. The molecule has 0 aromatic carbocycles. The van der Waals surface area contributed by atoms with Gasteiger partial charge in [0.15, 0.2) is 0 Å². The molecular formula is C6H7NO3. The second-order valence-corrected chi connectivity index (χ2v) is 1.30. The lowest BCUT2D eigenvalue weighted by Crippen LogP contribution is -2.23. The van der Waals surface area contributed by atoms with Crippen molar-refractivity contribution in [1.29, 1.82) is 0 Å². The normalized spacial score (nSPS) is 7.60. The van der Waals surface area contributed by atoms with Crippen LogP contribution in [0, 0.1) is 0 Å². The molecule has 0 aliphatic rings. The Kier molecular flexibility index (Phi) is 3.63. The summed E-state index contributed by atoms with van der Waals surface area (Å²) in [6, 6.07) is 0. The fraction of sp³-hybridized carbons (Fsp3) is 0. The molecule has 0 saturated carbocycles. The topological polar surface area (TPSA) is 55.4 Å². The zero-order valence-corrected chi connectivity index (χ0v) is 5.29. The van der Waals surface area contributed by atoms with Crippen molar-refractivity contribution < 1.29 is 14.4 Å². The number of hydrogen-bond donors (Lipinski definition) is 1. The first-order valence-corrected chi connectivity index (χ1v) is 2.46. The van der Waals surface area contributed by atoms with Gasteiger partial charge >= 0.3 is 5.97 Å². The molecule has 0 saturated heterocycles. The lowest BCUT2D eigenvalue weighted by atomic mass is 10.6. The summed E-state index contributed by atoms with van der Waals surface area (Å²) >= 11 is 0. The van der Waals surface area contributed by atoms with Gasteiger partial charge in [-0.05, 0) is 6.08 Å². The van der Waals surface area contributed by atoms with Crippen LogP contribution in [0.3, 0.4) is 0 Å².